The van der Waals surface area contributed by atoms with E-state index in [1.807, 2.05) is 18.2 Å². The predicted octanol–water partition coefficient (Wildman–Crippen LogP) is 2.53. The number of hydrogen-bond donors (Lipinski definition) is 2. The Morgan fingerprint density at radius 3 is 1.86 bits per heavy atom. The largest absolute Gasteiger partial charge is 0.397 e. The summed E-state index contributed by atoms with van der Waals surface area (Å²) in [5, 5.41) is 0. The van der Waals surface area contributed by atoms with Crippen LogP contribution in [0.25, 0.3) is 0 Å². The molecule has 0 heterocycles. The molecule has 0 saturated heterocycles. The van der Waals surface area contributed by atoms with Gasteiger partial charge in [0.1, 0.15) is 5.75 Å². The van der Waals surface area contributed by atoms with E-state index in [1.54, 1.807) is 36.4 Å². The quantitative estimate of drug-likeness (QED) is 0.514. The van der Waals surface area contributed by atoms with Crippen LogP contribution in [-0.2, 0) is 20.1 Å². The normalized spacial score (nSPS) is 10.1. The van der Waals surface area contributed by atoms with E-state index in [4.69, 9.17) is 11.5 Å². The molecular weight excluding hydrogens is 288 g/mol. The Kier molecular flexibility index (Phi) is 6.29. The minimum Gasteiger partial charge on any atom is -0.397 e. The van der Waals surface area contributed by atoms with Crippen molar-refractivity contribution in [2.45, 2.75) is 5.75 Å². The average molecular weight is 306 g/mol. The molecule has 0 aromatic heterocycles. The van der Waals surface area contributed by atoms with Gasteiger partial charge in [0.05, 0.1) is 17.6 Å². The van der Waals surface area contributed by atoms with Crippen molar-refractivity contribution in [3.05, 3.63) is 73.0 Å². The molecule has 21 heavy (non-hydrogen) atoms. The highest BCUT2D eigenvalue weighted by Crippen LogP contribution is 2.10. The second-order valence-corrected chi connectivity index (χ2v) is 5.68. The first-order valence-electron chi connectivity index (χ1n) is 6.10. The van der Waals surface area contributed by atoms with Crippen LogP contribution in [0.2, 0.25) is 0 Å². The van der Waals surface area contributed by atoms with Crippen LogP contribution >= 0.6 is 0 Å². The minimum absolute atomic E-state index is 0.125. The first-order chi connectivity index (χ1) is 9.94. The maximum Gasteiger partial charge on any atom is 0.312 e. The third-order valence-corrected chi connectivity index (χ3v) is 3.51. The summed E-state index contributed by atoms with van der Waals surface area (Å²) in [5.41, 5.74) is 12.8. The molecule has 0 aliphatic rings. The molecule has 0 saturated carbocycles. The lowest BCUT2D eigenvalue weighted by atomic mass is 10.2. The highest BCUT2D eigenvalue weighted by Gasteiger charge is 2.09. The number of nitrogens with two attached hydrogens (primary N) is 2. The Bertz CT molecular complexity index is 649. The van der Waals surface area contributed by atoms with Crippen molar-refractivity contribution < 1.29 is 12.6 Å². The van der Waals surface area contributed by atoms with Crippen LogP contribution in [0.15, 0.2) is 67.4 Å². The fourth-order valence-corrected chi connectivity index (χ4v) is 2.30. The molecular formula is C15H18N2O3S. The van der Waals surface area contributed by atoms with E-state index < -0.39 is 10.1 Å². The van der Waals surface area contributed by atoms with Crippen LogP contribution in [0.5, 0.6) is 0 Å². The van der Waals surface area contributed by atoms with Crippen LogP contribution in [0.3, 0.4) is 0 Å². The molecule has 0 aliphatic carbocycles. The Hall–Kier alpha value is -2.47. The van der Waals surface area contributed by atoms with Crippen molar-refractivity contribution in [3.63, 3.8) is 0 Å². The lowest BCUT2D eigenvalue weighted by Crippen LogP contribution is -2.04. The number of hydrogen-bond acceptors (Lipinski definition) is 5. The second kappa shape index (κ2) is 7.96. The van der Waals surface area contributed by atoms with Gasteiger partial charge in [0, 0.05) is 0 Å². The molecule has 112 valence electrons. The van der Waals surface area contributed by atoms with E-state index in [1.165, 1.54) is 0 Å². The van der Waals surface area contributed by atoms with Crippen LogP contribution in [0.4, 0.5) is 11.4 Å². The molecule has 5 nitrogen and oxygen atoms in total. The van der Waals surface area contributed by atoms with Gasteiger partial charge in [-0.1, -0.05) is 49.0 Å². The minimum atomic E-state index is -3.50. The third kappa shape index (κ3) is 6.49. The predicted molar refractivity (Wildman–Crippen MR) is 85.6 cm³/mol. The van der Waals surface area contributed by atoms with E-state index in [9.17, 15) is 8.42 Å². The standard InChI is InChI=1S/C9H10O3S.C6H8N2/c1-2-12-13(10,11)8-9-6-4-3-5-7-9;7-5-3-1-2-4-6(5)8/h2-7H,1,8H2;1-4H,7-8H2. The summed E-state index contributed by atoms with van der Waals surface area (Å²) < 4.78 is 26.6. The summed E-state index contributed by atoms with van der Waals surface area (Å²) in [6, 6.07) is 16.1. The number of nitrogen functional groups attached to an aromatic ring is 2. The average Bonchev–Trinajstić information content (AvgIpc) is 2.43. The molecule has 2 rings (SSSR count). The van der Waals surface area contributed by atoms with E-state index in [-0.39, 0.29) is 5.75 Å². The Balaban J connectivity index is 0.000000235. The molecule has 0 fully saturated rings. The Labute approximate surface area is 125 Å². The summed E-state index contributed by atoms with van der Waals surface area (Å²) in [7, 11) is -3.50. The molecule has 0 atom stereocenters. The summed E-state index contributed by atoms with van der Waals surface area (Å²) in [6.45, 7) is 3.19. The lowest BCUT2D eigenvalue weighted by molar-refractivity contribution is 0.444. The fourth-order valence-electron chi connectivity index (χ4n) is 1.43. The van der Waals surface area contributed by atoms with E-state index in [0.717, 1.165) is 6.26 Å². The van der Waals surface area contributed by atoms with Crippen molar-refractivity contribution >= 4 is 21.5 Å². The highest BCUT2D eigenvalue weighted by molar-refractivity contribution is 7.86. The van der Waals surface area contributed by atoms with Crippen LogP contribution in [0, 0.1) is 0 Å². The molecule has 0 unspecified atom stereocenters. The van der Waals surface area contributed by atoms with Crippen molar-refractivity contribution in [3.8, 4) is 0 Å². The summed E-state index contributed by atoms with van der Waals surface area (Å²) in [6.07, 6.45) is 0.915. The van der Waals surface area contributed by atoms with E-state index in [0.29, 0.717) is 16.9 Å². The first-order valence-corrected chi connectivity index (χ1v) is 7.68. The molecule has 6 heteroatoms. The molecule has 0 bridgehead atoms. The van der Waals surface area contributed by atoms with Gasteiger partial charge in [-0.3, -0.25) is 0 Å². The van der Waals surface area contributed by atoms with Gasteiger partial charge in [-0.2, -0.15) is 8.42 Å². The van der Waals surface area contributed by atoms with Gasteiger partial charge in [0.25, 0.3) is 0 Å². The number of para-hydroxylation sites is 2. The molecule has 2 aromatic rings. The zero-order valence-corrected chi connectivity index (χ0v) is 12.3. The Morgan fingerprint density at radius 2 is 1.43 bits per heavy atom. The third-order valence-electron chi connectivity index (χ3n) is 2.40. The molecule has 4 N–H and O–H groups in total. The topological polar surface area (TPSA) is 95.4 Å². The summed E-state index contributed by atoms with van der Waals surface area (Å²) in [4.78, 5) is 0. The molecule has 0 spiro atoms. The Morgan fingerprint density at radius 1 is 0.952 bits per heavy atom. The van der Waals surface area contributed by atoms with Gasteiger partial charge < -0.3 is 15.7 Å². The smallest absolute Gasteiger partial charge is 0.312 e. The van der Waals surface area contributed by atoms with E-state index >= 15 is 0 Å². The van der Waals surface area contributed by atoms with Crippen LogP contribution < -0.4 is 11.5 Å². The van der Waals surface area contributed by atoms with Crippen molar-refractivity contribution in [2.75, 3.05) is 11.5 Å². The van der Waals surface area contributed by atoms with Crippen LogP contribution in [0.1, 0.15) is 5.56 Å². The van der Waals surface area contributed by atoms with Crippen molar-refractivity contribution in [2.24, 2.45) is 0 Å². The SMILES string of the molecule is C=COS(=O)(=O)Cc1ccccc1.Nc1ccccc1N. The molecule has 0 radical (unpaired) electrons. The van der Waals surface area contributed by atoms with Gasteiger partial charge >= 0.3 is 10.1 Å². The summed E-state index contributed by atoms with van der Waals surface area (Å²) in [5.74, 6) is -0.125. The van der Waals surface area contributed by atoms with E-state index in [2.05, 4.69) is 10.8 Å². The summed E-state index contributed by atoms with van der Waals surface area (Å²) >= 11 is 0. The fraction of sp³-hybridized carbons (Fsp3) is 0.0667. The first kappa shape index (κ1) is 16.6. The monoisotopic (exact) mass is 306 g/mol. The van der Waals surface area contributed by atoms with Gasteiger partial charge in [0.15, 0.2) is 0 Å². The zero-order valence-electron chi connectivity index (χ0n) is 11.5. The molecule has 2 aromatic carbocycles. The highest BCUT2D eigenvalue weighted by atomic mass is 32.2. The second-order valence-electron chi connectivity index (χ2n) is 4.08. The van der Waals surface area contributed by atoms with Crippen molar-refractivity contribution in [1.29, 1.82) is 0 Å². The van der Waals surface area contributed by atoms with Gasteiger partial charge in [-0.15, -0.1) is 0 Å². The van der Waals surface area contributed by atoms with Crippen molar-refractivity contribution in [1.82, 2.24) is 0 Å². The molecule has 0 aliphatic heterocycles. The lowest BCUT2D eigenvalue weighted by Gasteiger charge is -2.01. The maximum absolute atomic E-state index is 11.1. The van der Waals surface area contributed by atoms with Crippen LogP contribution in [-0.4, -0.2) is 8.42 Å². The van der Waals surface area contributed by atoms with Gasteiger partial charge in [-0.05, 0) is 17.7 Å². The maximum atomic E-state index is 11.1. The molecule has 0 amide bonds. The number of benzene rings is 2. The number of rotatable bonds is 4. The van der Waals surface area contributed by atoms with Gasteiger partial charge in [-0.25, -0.2) is 0 Å². The van der Waals surface area contributed by atoms with Gasteiger partial charge in [0.2, 0.25) is 0 Å². The zero-order chi connectivity index (χ0) is 15.7. The number of anilines is 2.